The third kappa shape index (κ3) is 4.14. The fourth-order valence-electron chi connectivity index (χ4n) is 2.08. The molecule has 0 radical (unpaired) electrons. The molecule has 0 saturated carbocycles. The minimum atomic E-state index is -0.322. The first-order chi connectivity index (χ1) is 12.2. The van der Waals surface area contributed by atoms with Crippen LogP contribution in [0, 0.1) is 11.3 Å². The molecule has 25 heavy (non-hydrogen) atoms. The highest BCUT2D eigenvalue weighted by atomic mass is 35.5. The molecule has 0 aliphatic rings. The summed E-state index contributed by atoms with van der Waals surface area (Å²) >= 11 is 6.22. The van der Waals surface area contributed by atoms with Crippen LogP contribution < -0.4 is 10.1 Å². The standard InChI is InChI=1S/C19H12ClN3O2/c20-16-11-14(23-19(24)17-3-1-2-10-22-17)6-9-18(16)25-15-7-4-13(12-21)5-8-15/h1-11H,(H,23,24). The van der Waals surface area contributed by atoms with E-state index < -0.39 is 0 Å². The van der Waals surface area contributed by atoms with Gasteiger partial charge in [0.25, 0.3) is 5.91 Å². The second-order valence-corrected chi connectivity index (χ2v) is 5.46. The number of nitriles is 1. The van der Waals surface area contributed by atoms with E-state index in [4.69, 9.17) is 21.6 Å². The fraction of sp³-hybridized carbons (Fsp3) is 0. The van der Waals surface area contributed by atoms with Crippen molar-refractivity contribution in [1.29, 1.82) is 5.26 Å². The number of benzene rings is 2. The van der Waals surface area contributed by atoms with Crippen LogP contribution in [-0.4, -0.2) is 10.9 Å². The lowest BCUT2D eigenvalue weighted by Gasteiger charge is -2.10. The predicted octanol–water partition coefficient (Wildman–Crippen LogP) is 4.65. The Kier molecular flexibility index (Phi) is 4.93. The van der Waals surface area contributed by atoms with Crippen molar-refractivity contribution >= 4 is 23.2 Å². The van der Waals surface area contributed by atoms with Crippen LogP contribution in [0.2, 0.25) is 5.02 Å². The third-order valence-corrected chi connectivity index (χ3v) is 3.59. The maximum absolute atomic E-state index is 12.1. The number of hydrogen-bond donors (Lipinski definition) is 1. The van der Waals surface area contributed by atoms with E-state index >= 15 is 0 Å². The first-order valence-corrected chi connectivity index (χ1v) is 7.73. The zero-order valence-corrected chi connectivity index (χ0v) is 13.7. The smallest absolute Gasteiger partial charge is 0.274 e. The van der Waals surface area contributed by atoms with E-state index in [1.807, 2.05) is 6.07 Å². The molecule has 1 N–H and O–H groups in total. The van der Waals surface area contributed by atoms with Crippen LogP contribution in [0.4, 0.5) is 5.69 Å². The topological polar surface area (TPSA) is 75.0 Å². The number of ether oxygens (including phenoxy) is 1. The average molecular weight is 350 g/mol. The second kappa shape index (κ2) is 7.47. The van der Waals surface area contributed by atoms with Crippen LogP contribution >= 0.6 is 11.6 Å². The van der Waals surface area contributed by atoms with Gasteiger partial charge in [-0.3, -0.25) is 9.78 Å². The number of anilines is 1. The molecule has 6 heteroatoms. The number of amides is 1. The maximum atomic E-state index is 12.1. The lowest BCUT2D eigenvalue weighted by Crippen LogP contribution is -2.13. The highest BCUT2D eigenvalue weighted by molar-refractivity contribution is 6.32. The van der Waals surface area contributed by atoms with E-state index in [9.17, 15) is 4.79 Å². The van der Waals surface area contributed by atoms with Gasteiger partial charge in [0.15, 0.2) is 0 Å². The SMILES string of the molecule is N#Cc1ccc(Oc2ccc(NC(=O)c3ccccn3)cc2Cl)cc1. The summed E-state index contributed by atoms with van der Waals surface area (Å²) in [6, 6.07) is 18.8. The van der Waals surface area contributed by atoms with Gasteiger partial charge in [0, 0.05) is 11.9 Å². The number of rotatable bonds is 4. The molecule has 0 aliphatic carbocycles. The van der Waals surface area contributed by atoms with E-state index in [0.717, 1.165) is 0 Å². The first kappa shape index (κ1) is 16.5. The molecule has 0 bridgehead atoms. The Morgan fingerprint density at radius 2 is 1.92 bits per heavy atom. The third-order valence-electron chi connectivity index (χ3n) is 3.30. The van der Waals surface area contributed by atoms with Gasteiger partial charge in [0.2, 0.25) is 0 Å². The zero-order chi connectivity index (χ0) is 17.6. The van der Waals surface area contributed by atoms with Crippen molar-refractivity contribution in [1.82, 2.24) is 4.98 Å². The molecular weight excluding hydrogens is 338 g/mol. The van der Waals surface area contributed by atoms with Gasteiger partial charge >= 0.3 is 0 Å². The number of halogens is 1. The Morgan fingerprint density at radius 3 is 2.56 bits per heavy atom. The maximum Gasteiger partial charge on any atom is 0.274 e. The number of nitrogens with zero attached hydrogens (tertiary/aromatic N) is 2. The van der Waals surface area contributed by atoms with Gasteiger partial charge in [0.1, 0.15) is 17.2 Å². The number of carbonyl (C=O) groups excluding carboxylic acids is 1. The molecule has 122 valence electrons. The van der Waals surface area contributed by atoms with Crippen molar-refractivity contribution in [2.24, 2.45) is 0 Å². The molecule has 0 fully saturated rings. The number of pyridine rings is 1. The Morgan fingerprint density at radius 1 is 1.12 bits per heavy atom. The van der Waals surface area contributed by atoms with Gasteiger partial charge in [-0.1, -0.05) is 17.7 Å². The van der Waals surface area contributed by atoms with Crippen molar-refractivity contribution < 1.29 is 9.53 Å². The summed E-state index contributed by atoms with van der Waals surface area (Å²) in [5, 5.41) is 11.9. The van der Waals surface area contributed by atoms with Gasteiger partial charge in [0.05, 0.1) is 16.7 Å². The van der Waals surface area contributed by atoms with E-state index in [2.05, 4.69) is 10.3 Å². The van der Waals surface area contributed by atoms with Crippen LogP contribution in [0.5, 0.6) is 11.5 Å². The molecule has 2 aromatic carbocycles. The molecule has 3 aromatic rings. The van der Waals surface area contributed by atoms with E-state index in [-0.39, 0.29) is 5.91 Å². The Bertz CT molecular complexity index is 935. The number of hydrogen-bond acceptors (Lipinski definition) is 4. The Labute approximate surface area is 149 Å². The molecule has 0 aliphatic heterocycles. The monoisotopic (exact) mass is 349 g/mol. The summed E-state index contributed by atoms with van der Waals surface area (Å²) in [4.78, 5) is 16.1. The highest BCUT2D eigenvalue weighted by Crippen LogP contribution is 2.31. The van der Waals surface area contributed by atoms with E-state index in [1.54, 1.807) is 66.9 Å². The second-order valence-electron chi connectivity index (χ2n) is 5.05. The van der Waals surface area contributed by atoms with Crippen molar-refractivity contribution in [3.8, 4) is 17.6 Å². The van der Waals surface area contributed by atoms with Gasteiger partial charge < -0.3 is 10.1 Å². The van der Waals surface area contributed by atoms with Crippen LogP contribution in [0.1, 0.15) is 16.1 Å². The van der Waals surface area contributed by atoms with Crippen molar-refractivity contribution in [2.45, 2.75) is 0 Å². The van der Waals surface area contributed by atoms with Crippen LogP contribution in [0.15, 0.2) is 66.9 Å². The molecule has 1 aromatic heterocycles. The molecule has 0 unspecified atom stereocenters. The normalized spacial score (nSPS) is 9.92. The van der Waals surface area contributed by atoms with Crippen molar-refractivity contribution in [3.05, 3.63) is 83.1 Å². The average Bonchev–Trinajstić information content (AvgIpc) is 2.65. The van der Waals surface area contributed by atoms with Crippen LogP contribution in [-0.2, 0) is 0 Å². The lowest BCUT2D eigenvalue weighted by molar-refractivity contribution is 0.102. The van der Waals surface area contributed by atoms with Crippen molar-refractivity contribution in [2.75, 3.05) is 5.32 Å². The number of aromatic nitrogens is 1. The molecule has 0 saturated heterocycles. The number of carbonyl (C=O) groups is 1. The number of nitrogens with one attached hydrogen (secondary N) is 1. The predicted molar refractivity (Wildman–Crippen MR) is 94.9 cm³/mol. The molecule has 3 rings (SSSR count). The highest BCUT2D eigenvalue weighted by Gasteiger charge is 2.09. The summed E-state index contributed by atoms with van der Waals surface area (Å²) < 4.78 is 5.69. The fourth-order valence-corrected chi connectivity index (χ4v) is 2.30. The lowest BCUT2D eigenvalue weighted by atomic mass is 10.2. The summed E-state index contributed by atoms with van der Waals surface area (Å²) in [6.07, 6.45) is 1.55. The molecule has 0 spiro atoms. The first-order valence-electron chi connectivity index (χ1n) is 7.35. The van der Waals surface area contributed by atoms with Crippen LogP contribution in [0.3, 0.4) is 0 Å². The summed E-state index contributed by atoms with van der Waals surface area (Å²) in [5.41, 5.74) is 1.40. The zero-order valence-electron chi connectivity index (χ0n) is 12.9. The Hall–Kier alpha value is -3.36. The minimum absolute atomic E-state index is 0.316. The van der Waals surface area contributed by atoms with Crippen molar-refractivity contribution in [3.63, 3.8) is 0 Å². The van der Waals surface area contributed by atoms with E-state index in [0.29, 0.717) is 33.5 Å². The van der Waals surface area contributed by atoms with E-state index in [1.165, 1.54) is 0 Å². The van der Waals surface area contributed by atoms with Gasteiger partial charge in [-0.25, -0.2) is 0 Å². The molecule has 0 atom stereocenters. The van der Waals surface area contributed by atoms with Gasteiger partial charge in [-0.2, -0.15) is 5.26 Å². The quantitative estimate of drug-likeness (QED) is 0.743. The minimum Gasteiger partial charge on any atom is -0.456 e. The molecular formula is C19H12ClN3O2. The van der Waals surface area contributed by atoms with Gasteiger partial charge in [-0.05, 0) is 54.6 Å². The molecule has 1 heterocycles. The van der Waals surface area contributed by atoms with Gasteiger partial charge in [-0.15, -0.1) is 0 Å². The molecule has 1 amide bonds. The Balaban J connectivity index is 1.72. The van der Waals surface area contributed by atoms with Crippen LogP contribution in [0.25, 0.3) is 0 Å². The molecule has 5 nitrogen and oxygen atoms in total. The summed E-state index contributed by atoms with van der Waals surface area (Å²) in [7, 11) is 0. The summed E-state index contributed by atoms with van der Waals surface area (Å²) in [5.74, 6) is 0.686. The summed E-state index contributed by atoms with van der Waals surface area (Å²) in [6.45, 7) is 0. The largest absolute Gasteiger partial charge is 0.456 e.